The number of nitrogens with one attached hydrogen (secondary N) is 3. The van der Waals surface area contributed by atoms with E-state index in [4.69, 9.17) is 4.74 Å². The Morgan fingerprint density at radius 3 is 2.77 bits per heavy atom. The SMILES string of the molecule is Cc1ccccc1COc1ccccc1/C=N/NC(=O)CSc1n[nH]c(=O)[nH]c1=O. The molecule has 0 bridgehead atoms. The second-order valence-electron chi connectivity index (χ2n) is 6.15. The Balaban J connectivity index is 1.55. The van der Waals surface area contributed by atoms with E-state index in [9.17, 15) is 14.4 Å². The third-order valence-corrected chi connectivity index (χ3v) is 4.93. The Hall–Kier alpha value is -3.66. The molecule has 10 heteroatoms. The van der Waals surface area contributed by atoms with E-state index >= 15 is 0 Å². The van der Waals surface area contributed by atoms with Crippen molar-refractivity contribution in [2.24, 2.45) is 5.10 Å². The molecule has 1 heterocycles. The molecule has 154 valence electrons. The first-order chi connectivity index (χ1) is 14.5. The van der Waals surface area contributed by atoms with E-state index in [-0.39, 0.29) is 10.8 Å². The number of hydrogen-bond donors (Lipinski definition) is 3. The van der Waals surface area contributed by atoms with Gasteiger partial charge >= 0.3 is 5.69 Å². The molecule has 0 fully saturated rings. The number of carbonyl (C=O) groups is 1. The number of rotatable bonds is 8. The molecular weight excluding hydrogens is 406 g/mol. The van der Waals surface area contributed by atoms with Gasteiger partial charge in [0, 0.05) is 5.56 Å². The maximum Gasteiger partial charge on any atom is 0.342 e. The van der Waals surface area contributed by atoms with Crippen LogP contribution < -0.4 is 21.4 Å². The summed E-state index contributed by atoms with van der Waals surface area (Å²) >= 11 is 0.885. The Kier molecular flexibility index (Phi) is 7.17. The summed E-state index contributed by atoms with van der Waals surface area (Å²) < 4.78 is 5.91. The molecule has 3 N–H and O–H groups in total. The summed E-state index contributed by atoms with van der Waals surface area (Å²) in [5, 5.41) is 9.62. The van der Waals surface area contributed by atoms with E-state index in [0.717, 1.165) is 22.9 Å². The van der Waals surface area contributed by atoms with Gasteiger partial charge in [0.15, 0.2) is 5.03 Å². The minimum atomic E-state index is -0.707. The minimum Gasteiger partial charge on any atom is -0.488 e. The normalized spacial score (nSPS) is 10.8. The standard InChI is InChI=1S/C20H19N5O4S/c1-13-6-2-3-8-15(13)11-29-16-9-5-4-7-14(16)10-21-23-17(26)12-30-19-18(27)22-20(28)25-24-19/h2-10H,11-12H2,1H3,(H,23,26)(H2,22,25,27,28)/b21-10+. The van der Waals surface area contributed by atoms with Gasteiger partial charge in [0.25, 0.3) is 5.56 Å². The number of ether oxygens (including phenoxy) is 1. The van der Waals surface area contributed by atoms with Gasteiger partial charge in [-0.15, -0.1) is 0 Å². The number of thioether (sulfide) groups is 1. The van der Waals surface area contributed by atoms with Crippen molar-refractivity contribution in [3.63, 3.8) is 0 Å². The zero-order chi connectivity index (χ0) is 21.3. The van der Waals surface area contributed by atoms with Gasteiger partial charge < -0.3 is 4.74 Å². The molecule has 0 saturated heterocycles. The summed E-state index contributed by atoms with van der Waals surface area (Å²) in [6.45, 7) is 2.44. The van der Waals surface area contributed by atoms with Crippen molar-refractivity contribution in [2.45, 2.75) is 18.6 Å². The zero-order valence-corrected chi connectivity index (χ0v) is 16.9. The van der Waals surface area contributed by atoms with E-state index < -0.39 is 17.2 Å². The Labute approximate surface area is 175 Å². The number of amides is 1. The lowest BCUT2D eigenvalue weighted by atomic mass is 10.1. The van der Waals surface area contributed by atoms with Crippen LogP contribution in [0.25, 0.3) is 0 Å². The van der Waals surface area contributed by atoms with Crippen LogP contribution in [-0.2, 0) is 11.4 Å². The van der Waals surface area contributed by atoms with E-state index in [2.05, 4.69) is 20.7 Å². The van der Waals surface area contributed by atoms with Crippen LogP contribution in [0, 0.1) is 6.92 Å². The van der Waals surface area contributed by atoms with Gasteiger partial charge in [0.2, 0.25) is 5.91 Å². The van der Waals surface area contributed by atoms with Gasteiger partial charge in [-0.1, -0.05) is 48.2 Å². The van der Waals surface area contributed by atoms with Crippen LogP contribution in [0.3, 0.4) is 0 Å². The Bertz CT molecular complexity index is 1170. The maximum atomic E-state index is 11.9. The highest BCUT2D eigenvalue weighted by molar-refractivity contribution is 7.99. The number of H-pyrrole nitrogens is 2. The van der Waals surface area contributed by atoms with Crippen LogP contribution in [0.4, 0.5) is 0 Å². The smallest absolute Gasteiger partial charge is 0.342 e. The van der Waals surface area contributed by atoms with Gasteiger partial charge in [0.05, 0.1) is 12.0 Å². The molecule has 3 rings (SSSR count). The lowest BCUT2D eigenvalue weighted by molar-refractivity contribution is -0.118. The molecule has 0 spiro atoms. The van der Waals surface area contributed by atoms with Crippen LogP contribution in [0.2, 0.25) is 0 Å². The second kappa shape index (κ2) is 10.2. The number of benzene rings is 2. The first-order valence-corrected chi connectivity index (χ1v) is 9.91. The number of hydrazone groups is 1. The number of aryl methyl sites for hydroxylation is 1. The fraction of sp³-hybridized carbons (Fsp3) is 0.150. The molecule has 0 aliphatic heterocycles. The van der Waals surface area contributed by atoms with E-state index in [0.29, 0.717) is 17.9 Å². The zero-order valence-electron chi connectivity index (χ0n) is 16.0. The maximum absolute atomic E-state index is 11.9. The van der Waals surface area contributed by atoms with Crippen molar-refractivity contribution >= 4 is 23.9 Å². The van der Waals surface area contributed by atoms with Crippen molar-refractivity contribution < 1.29 is 9.53 Å². The molecule has 0 aliphatic carbocycles. The lowest BCUT2D eigenvalue weighted by Gasteiger charge is -2.10. The Morgan fingerprint density at radius 2 is 1.97 bits per heavy atom. The number of nitrogens with zero attached hydrogens (tertiary/aromatic N) is 2. The van der Waals surface area contributed by atoms with Crippen LogP contribution in [0.1, 0.15) is 16.7 Å². The van der Waals surface area contributed by atoms with Gasteiger partial charge in [-0.2, -0.15) is 10.2 Å². The third kappa shape index (κ3) is 5.92. The highest BCUT2D eigenvalue weighted by atomic mass is 32.2. The second-order valence-corrected chi connectivity index (χ2v) is 7.11. The van der Waals surface area contributed by atoms with Gasteiger partial charge in [-0.3, -0.25) is 14.6 Å². The number of aromatic nitrogens is 3. The van der Waals surface area contributed by atoms with Crippen molar-refractivity contribution in [2.75, 3.05) is 5.75 Å². The first-order valence-electron chi connectivity index (χ1n) is 8.93. The summed E-state index contributed by atoms with van der Waals surface area (Å²) in [6.07, 6.45) is 1.49. The Morgan fingerprint density at radius 1 is 1.20 bits per heavy atom. The highest BCUT2D eigenvalue weighted by Gasteiger charge is 2.07. The van der Waals surface area contributed by atoms with Crippen LogP contribution in [0.5, 0.6) is 5.75 Å². The third-order valence-electron chi connectivity index (χ3n) is 3.98. The first kappa shape index (κ1) is 21.1. The number of carbonyl (C=O) groups excluding carboxylic acids is 1. The summed E-state index contributed by atoms with van der Waals surface area (Å²) in [6, 6.07) is 15.3. The van der Waals surface area contributed by atoms with Crippen LogP contribution >= 0.6 is 11.8 Å². The molecule has 1 aromatic heterocycles. The van der Waals surface area contributed by atoms with Crippen LogP contribution in [0.15, 0.2) is 68.2 Å². The number of para-hydroxylation sites is 1. The van der Waals surface area contributed by atoms with Crippen molar-refractivity contribution in [3.8, 4) is 5.75 Å². The fourth-order valence-electron chi connectivity index (χ4n) is 2.42. The quantitative estimate of drug-likeness (QED) is 0.286. The highest BCUT2D eigenvalue weighted by Crippen LogP contribution is 2.18. The van der Waals surface area contributed by atoms with E-state index in [1.807, 2.05) is 60.4 Å². The summed E-state index contributed by atoms with van der Waals surface area (Å²) in [7, 11) is 0. The summed E-state index contributed by atoms with van der Waals surface area (Å²) in [5.41, 5.74) is 3.96. The predicted molar refractivity (Wildman–Crippen MR) is 114 cm³/mol. The van der Waals surface area contributed by atoms with Gasteiger partial charge in [0.1, 0.15) is 12.4 Å². The average Bonchev–Trinajstić information content (AvgIpc) is 2.73. The molecule has 0 atom stereocenters. The molecule has 0 radical (unpaired) electrons. The molecule has 30 heavy (non-hydrogen) atoms. The minimum absolute atomic E-state index is 0.0105. The van der Waals surface area contributed by atoms with Crippen molar-refractivity contribution in [1.29, 1.82) is 0 Å². The van der Waals surface area contributed by atoms with Crippen molar-refractivity contribution in [1.82, 2.24) is 20.6 Å². The summed E-state index contributed by atoms with van der Waals surface area (Å²) in [4.78, 5) is 36.4. The topological polar surface area (TPSA) is 129 Å². The van der Waals surface area contributed by atoms with Crippen molar-refractivity contribution in [3.05, 3.63) is 86.1 Å². The molecule has 0 unspecified atom stereocenters. The molecule has 0 aliphatic rings. The molecule has 3 aromatic rings. The number of aromatic amines is 2. The largest absolute Gasteiger partial charge is 0.488 e. The van der Waals surface area contributed by atoms with E-state index in [1.165, 1.54) is 6.21 Å². The fourth-order valence-corrected chi connectivity index (χ4v) is 3.05. The van der Waals surface area contributed by atoms with Gasteiger partial charge in [-0.05, 0) is 30.2 Å². The molecule has 2 aromatic carbocycles. The molecule has 1 amide bonds. The summed E-state index contributed by atoms with van der Waals surface area (Å²) in [5.74, 6) is 0.115. The van der Waals surface area contributed by atoms with E-state index in [1.54, 1.807) is 0 Å². The molecule has 0 saturated carbocycles. The van der Waals surface area contributed by atoms with Crippen LogP contribution in [-0.4, -0.2) is 33.1 Å². The molecule has 9 nitrogen and oxygen atoms in total. The lowest BCUT2D eigenvalue weighted by Crippen LogP contribution is -2.26. The predicted octanol–water partition coefficient (Wildman–Crippen LogP) is 1.59. The monoisotopic (exact) mass is 425 g/mol. The number of hydrogen-bond acceptors (Lipinski definition) is 7. The average molecular weight is 425 g/mol. The molecular formula is C20H19N5O4S. The van der Waals surface area contributed by atoms with Gasteiger partial charge in [-0.25, -0.2) is 15.3 Å².